The van der Waals surface area contributed by atoms with E-state index in [1.807, 2.05) is 56.3 Å². The number of amides is 1. The standard InChI is InChI=1S/C30H24N6O/c1-4-32-15-13-21(3)34-27-12-10-25(17-20(27)2)36-30(37)23-6-8-24(9-7-23)35-29-14-16-33-28-11-5-22(19-31)18-26(28)29/h1,5-18,34H,2-3H3,(H,33,35)(H,36,37)/b21-13+,32-15?. The SMILES string of the molecule is C#CN=C/C=C(\C)Nc1ccc(NC(=O)c2ccc(Nc3ccnc4ccc(C#N)cc34)cc2)cc1C. The number of aromatic nitrogens is 1. The fourth-order valence-corrected chi connectivity index (χ4v) is 3.72. The van der Waals surface area contributed by atoms with Crippen molar-refractivity contribution in [3.63, 3.8) is 0 Å². The summed E-state index contributed by atoms with van der Waals surface area (Å²) < 4.78 is 0. The minimum atomic E-state index is -0.207. The first-order valence-electron chi connectivity index (χ1n) is 11.5. The average Bonchev–Trinajstić information content (AvgIpc) is 2.90. The summed E-state index contributed by atoms with van der Waals surface area (Å²) in [5.41, 5.74) is 7.01. The van der Waals surface area contributed by atoms with Crippen molar-refractivity contribution in [2.45, 2.75) is 13.8 Å². The summed E-state index contributed by atoms with van der Waals surface area (Å²) in [4.78, 5) is 20.9. The molecular weight excluding hydrogens is 460 g/mol. The summed E-state index contributed by atoms with van der Waals surface area (Å²) in [5, 5.41) is 19.7. The summed E-state index contributed by atoms with van der Waals surface area (Å²) in [6.07, 6.45) is 10.2. The molecule has 4 aromatic rings. The minimum Gasteiger partial charge on any atom is -0.359 e. The zero-order valence-corrected chi connectivity index (χ0v) is 20.4. The van der Waals surface area contributed by atoms with Gasteiger partial charge in [-0.05, 0) is 92.2 Å². The molecule has 0 spiro atoms. The van der Waals surface area contributed by atoms with E-state index >= 15 is 0 Å². The Bertz CT molecular complexity index is 1600. The molecule has 0 unspecified atom stereocenters. The number of rotatable bonds is 7. The molecule has 1 amide bonds. The number of nitrogens with zero attached hydrogens (tertiary/aromatic N) is 3. The molecule has 0 saturated carbocycles. The Morgan fingerprint density at radius 1 is 1.00 bits per heavy atom. The fourth-order valence-electron chi connectivity index (χ4n) is 3.72. The zero-order chi connectivity index (χ0) is 26.2. The zero-order valence-electron chi connectivity index (χ0n) is 20.4. The molecule has 0 aliphatic carbocycles. The van der Waals surface area contributed by atoms with Crippen molar-refractivity contribution in [1.82, 2.24) is 4.98 Å². The topological polar surface area (TPSA) is 102 Å². The van der Waals surface area contributed by atoms with E-state index in [0.29, 0.717) is 16.8 Å². The Morgan fingerprint density at radius 3 is 2.51 bits per heavy atom. The van der Waals surface area contributed by atoms with Gasteiger partial charge in [0.2, 0.25) is 0 Å². The second-order valence-corrected chi connectivity index (χ2v) is 8.27. The molecule has 0 aliphatic rings. The van der Waals surface area contributed by atoms with Crippen LogP contribution in [0.1, 0.15) is 28.4 Å². The van der Waals surface area contributed by atoms with Crippen molar-refractivity contribution in [3.8, 4) is 18.5 Å². The summed E-state index contributed by atoms with van der Waals surface area (Å²) in [6.45, 7) is 3.88. The lowest BCUT2D eigenvalue weighted by atomic mass is 10.1. The predicted molar refractivity (Wildman–Crippen MR) is 150 cm³/mol. The van der Waals surface area contributed by atoms with E-state index in [1.165, 1.54) is 0 Å². The van der Waals surface area contributed by atoms with E-state index < -0.39 is 0 Å². The maximum absolute atomic E-state index is 12.8. The van der Waals surface area contributed by atoms with Crippen molar-refractivity contribution in [1.29, 1.82) is 5.26 Å². The Balaban J connectivity index is 1.43. The van der Waals surface area contributed by atoms with Crippen LogP contribution in [0, 0.1) is 30.7 Å². The Hall–Kier alpha value is -5.40. The van der Waals surface area contributed by atoms with E-state index in [4.69, 9.17) is 6.42 Å². The molecule has 0 saturated heterocycles. The molecule has 180 valence electrons. The molecule has 0 atom stereocenters. The lowest BCUT2D eigenvalue weighted by molar-refractivity contribution is 0.102. The molecular formula is C30H24N6O. The summed E-state index contributed by atoms with van der Waals surface area (Å²) in [6, 6.07) is 24.4. The van der Waals surface area contributed by atoms with Crippen LogP contribution in [-0.4, -0.2) is 17.1 Å². The normalized spacial score (nSPS) is 11.1. The third kappa shape index (κ3) is 6.19. The van der Waals surface area contributed by atoms with E-state index in [2.05, 4.69) is 38.0 Å². The molecule has 1 heterocycles. The number of hydrogen-bond donors (Lipinski definition) is 3. The van der Waals surface area contributed by atoms with Crippen LogP contribution in [0.15, 0.2) is 89.7 Å². The van der Waals surface area contributed by atoms with Crippen molar-refractivity contribution in [2.24, 2.45) is 4.99 Å². The molecule has 0 radical (unpaired) electrons. The van der Waals surface area contributed by atoms with Crippen molar-refractivity contribution in [3.05, 3.63) is 101 Å². The molecule has 3 aromatic carbocycles. The van der Waals surface area contributed by atoms with Crippen molar-refractivity contribution < 1.29 is 4.79 Å². The molecule has 3 N–H and O–H groups in total. The molecule has 0 fully saturated rings. The number of anilines is 4. The Kier molecular flexibility index (Phi) is 7.58. The van der Waals surface area contributed by atoms with Crippen LogP contribution in [0.25, 0.3) is 10.9 Å². The van der Waals surface area contributed by atoms with E-state index in [9.17, 15) is 10.1 Å². The molecule has 7 heteroatoms. The Morgan fingerprint density at radius 2 is 1.78 bits per heavy atom. The maximum atomic E-state index is 12.8. The van der Waals surface area contributed by atoms with Gasteiger partial charge in [-0.15, -0.1) is 0 Å². The fraction of sp³-hybridized carbons (Fsp3) is 0.0667. The number of aliphatic imine (C=N–C) groups is 1. The number of hydrogen-bond acceptors (Lipinski definition) is 6. The van der Waals surface area contributed by atoms with E-state index in [0.717, 1.165) is 39.2 Å². The Labute approximate surface area is 215 Å². The van der Waals surface area contributed by atoms with Crippen LogP contribution in [0.2, 0.25) is 0 Å². The summed E-state index contributed by atoms with van der Waals surface area (Å²) in [5.74, 6) is -0.207. The molecule has 4 rings (SSSR count). The molecule has 0 aliphatic heterocycles. The van der Waals surface area contributed by atoms with Gasteiger partial charge >= 0.3 is 0 Å². The third-order valence-corrected chi connectivity index (χ3v) is 5.59. The molecule has 37 heavy (non-hydrogen) atoms. The highest BCUT2D eigenvalue weighted by molar-refractivity contribution is 6.04. The number of benzene rings is 3. The number of nitriles is 1. The van der Waals surface area contributed by atoms with Gasteiger partial charge in [0.25, 0.3) is 5.91 Å². The average molecular weight is 485 g/mol. The number of carbonyl (C=O) groups is 1. The van der Waals surface area contributed by atoms with E-state index in [-0.39, 0.29) is 5.91 Å². The van der Waals surface area contributed by atoms with Gasteiger partial charge in [-0.2, -0.15) is 5.26 Å². The van der Waals surface area contributed by atoms with Crippen LogP contribution in [0.5, 0.6) is 0 Å². The largest absolute Gasteiger partial charge is 0.359 e. The minimum absolute atomic E-state index is 0.207. The van der Waals surface area contributed by atoms with E-state index in [1.54, 1.807) is 42.8 Å². The van der Waals surface area contributed by atoms with Gasteiger partial charge in [0.15, 0.2) is 0 Å². The first-order chi connectivity index (χ1) is 18.0. The summed E-state index contributed by atoms with van der Waals surface area (Å²) >= 11 is 0. The highest BCUT2D eigenvalue weighted by Gasteiger charge is 2.09. The van der Waals surface area contributed by atoms with Gasteiger partial charge in [-0.1, -0.05) is 6.42 Å². The second-order valence-electron chi connectivity index (χ2n) is 8.27. The number of carbonyl (C=O) groups excluding carboxylic acids is 1. The maximum Gasteiger partial charge on any atom is 0.255 e. The first kappa shape index (κ1) is 24.7. The molecule has 0 bridgehead atoms. The lowest BCUT2D eigenvalue weighted by Gasteiger charge is -2.13. The van der Waals surface area contributed by atoms with Crippen LogP contribution >= 0.6 is 0 Å². The lowest BCUT2D eigenvalue weighted by Crippen LogP contribution is -2.12. The number of allylic oxidation sites excluding steroid dienone is 2. The van der Waals surface area contributed by atoms with Gasteiger partial charge in [-0.25, -0.2) is 4.99 Å². The first-order valence-corrected chi connectivity index (χ1v) is 11.5. The van der Waals surface area contributed by atoms with Crippen LogP contribution in [0.3, 0.4) is 0 Å². The highest BCUT2D eigenvalue weighted by Crippen LogP contribution is 2.26. The van der Waals surface area contributed by atoms with Gasteiger partial charge in [0.1, 0.15) is 0 Å². The number of pyridine rings is 1. The van der Waals surface area contributed by atoms with Crippen molar-refractivity contribution in [2.75, 3.05) is 16.0 Å². The second kappa shape index (κ2) is 11.4. The van der Waals surface area contributed by atoms with Gasteiger partial charge in [-0.3, -0.25) is 9.78 Å². The smallest absolute Gasteiger partial charge is 0.255 e. The predicted octanol–water partition coefficient (Wildman–Crippen LogP) is 6.39. The van der Waals surface area contributed by atoms with Crippen LogP contribution in [0.4, 0.5) is 22.7 Å². The van der Waals surface area contributed by atoms with Crippen molar-refractivity contribution >= 4 is 45.8 Å². The number of fused-ring (bicyclic) bond motifs is 1. The monoisotopic (exact) mass is 484 g/mol. The van der Waals surface area contributed by atoms with Gasteiger partial charge < -0.3 is 16.0 Å². The van der Waals surface area contributed by atoms with Crippen LogP contribution in [-0.2, 0) is 0 Å². The van der Waals surface area contributed by atoms with Gasteiger partial charge in [0.05, 0.1) is 17.1 Å². The number of aryl methyl sites for hydroxylation is 1. The highest BCUT2D eigenvalue weighted by atomic mass is 16.1. The molecule has 7 nitrogen and oxygen atoms in total. The number of terminal acetylenes is 1. The van der Waals surface area contributed by atoms with Gasteiger partial charge in [0, 0.05) is 57.9 Å². The summed E-state index contributed by atoms with van der Waals surface area (Å²) in [7, 11) is 0. The number of nitrogens with one attached hydrogen (secondary N) is 3. The molecule has 1 aromatic heterocycles. The quantitative estimate of drug-likeness (QED) is 0.208. The third-order valence-electron chi connectivity index (χ3n) is 5.59. The van der Waals surface area contributed by atoms with Crippen LogP contribution < -0.4 is 16.0 Å².